The van der Waals surface area contributed by atoms with Crippen LogP contribution in [0.15, 0.2) is 65.5 Å². The Balaban J connectivity index is 1.23. The first-order chi connectivity index (χ1) is 21.6. The minimum Gasteiger partial charge on any atom is -0.478 e. The Morgan fingerprint density at radius 2 is 1.80 bits per heavy atom. The number of carbonyl (C=O) groups excluding carboxylic acids is 1. The van der Waals surface area contributed by atoms with E-state index in [0.717, 1.165) is 75.5 Å². The minimum atomic E-state index is -2.63. The van der Waals surface area contributed by atoms with Gasteiger partial charge in [0.05, 0.1) is 34.8 Å². The molecule has 2 saturated carbocycles. The molecule has 3 heterocycles. The van der Waals surface area contributed by atoms with Crippen molar-refractivity contribution >= 4 is 39.9 Å². The highest BCUT2D eigenvalue weighted by Crippen LogP contribution is 2.47. The number of alkyl halides is 2. The largest absolute Gasteiger partial charge is 0.478 e. The third kappa shape index (κ3) is 5.02. The Bertz CT molecular complexity index is 1970. The summed E-state index contributed by atoms with van der Waals surface area (Å²) in [4.78, 5) is 29.8. The van der Waals surface area contributed by atoms with Crippen LogP contribution in [-0.4, -0.2) is 37.0 Å². The summed E-state index contributed by atoms with van der Waals surface area (Å²) in [5.74, 6) is -3.11. The fourth-order valence-corrected chi connectivity index (χ4v) is 7.23. The fourth-order valence-electron chi connectivity index (χ4n) is 7.23. The zero-order valence-corrected chi connectivity index (χ0v) is 25.1. The number of aliphatic carboxylic acids is 1. The summed E-state index contributed by atoms with van der Waals surface area (Å²) in [5, 5.41) is 13.3. The molecule has 3 aromatic heterocycles. The van der Waals surface area contributed by atoms with Gasteiger partial charge in [0.25, 0.3) is 5.91 Å². The fraction of sp³-hybridized carbons (Fsp3) is 0.343. The molecule has 0 saturated heterocycles. The summed E-state index contributed by atoms with van der Waals surface area (Å²) in [5.41, 5.74) is 5.94. The van der Waals surface area contributed by atoms with E-state index < -0.39 is 17.4 Å². The number of hydrogen-bond acceptors (Lipinski definition) is 4. The number of furan rings is 1. The van der Waals surface area contributed by atoms with Crippen LogP contribution in [-0.2, 0) is 24.4 Å². The Kier molecular flexibility index (Phi) is 6.91. The summed E-state index contributed by atoms with van der Waals surface area (Å²) >= 11 is 0. The Morgan fingerprint density at radius 3 is 2.47 bits per heavy atom. The minimum absolute atomic E-state index is 0.0196. The molecule has 0 bridgehead atoms. The van der Waals surface area contributed by atoms with E-state index in [1.807, 2.05) is 65.7 Å². The lowest BCUT2D eigenvalue weighted by Gasteiger charge is -2.41. The molecule has 2 aromatic carbocycles. The molecule has 8 nitrogen and oxygen atoms in total. The number of rotatable bonds is 7. The highest BCUT2D eigenvalue weighted by atomic mass is 19.3. The third-order valence-electron chi connectivity index (χ3n) is 9.73. The molecular weight excluding hydrogens is 578 g/mol. The summed E-state index contributed by atoms with van der Waals surface area (Å²) in [7, 11) is 3.86. The zero-order chi connectivity index (χ0) is 31.5. The molecular formula is C35H34F2N4O4. The van der Waals surface area contributed by atoms with E-state index >= 15 is 0 Å². The monoisotopic (exact) mass is 612 g/mol. The van der Waals surface area contributed by atoms with Crippen molar-refractivity contribution in [1.29, 1.82) is 0 Å². The maximum Gasteiger partial charge on any atom is 0.328 e. The first-order valence-electron chi connectivity index (χ1n) is 15.3. The third-order valence-corrected chi connectivity index (χ3v) is 9.73. The van der Waals surface area contributed by atoms with Crippen molar-refractivity contribution in [3.63, 3.8) is 0 Å². The van der Waals surface area contributed by atoms with Gasteiger partial charge in [-0.1, -0.05) is 12.1 Å². The first-order valence-corrected chi connectivity index (χ1v) is 15.3. The highest BCUT2D eigenvalue weighted by Gasteiger charge is 2.44. The number of imidazole rings is 1. The topological polar surface area (TPSA) is 102 Å². The Morgan fingerprint density at radius 1 is 1.02 bits per heavy atom. The van der Waals surface area contributed by atoms with Crippen molar-refractivity contribution < 1.29 is 27.9 Å². The van der Waals surface area contributed by atoms with E-state index in [1.165, 1.54) is 0 Å². The molecule has 0 spiro atoms. The number of aryl methyl sites for hydroxylation is 2. The second-order valence-electron chi connectivity index (χ2n) is 12.5. The van der Waals surface area contributed by atoms with Crippen LogP contribution in [0.25, 0.3) is 39.3 Å². The number of carbonyl (C=O) groups is 2. The number of nitrogens with zero attached hydrogens (tertiary/aromatic N) is 3. The highest BCUT2D eigenvalue weighted by molar-refractivity contribution is 6.01. The van der Waals surface area contributed by atoms with Crippen molar-refractivity contribution in [2.24, 2.45) is 14.1 Å². The Hall–Kier alpha value is -4.73. The van der Waals surface area contributed by atoms with Gasteiger partial charge in [0, 0.05) is 55.0 Å². The van der Waals surface area contributed by atoms with E-state index in [1.54, 1.807) is 18.6 Å². The van der Waals surface area contributed by atoms with Gasteiger partial charge in [0.15, 0.2) is 0 Å². The molecule has 0 radical (unpaired) electrons. The molecule has 7 rings (SSSR count). The van der Waals surface area contributed by atoms with Gasteiger partial charge in [-0.2, -0.15) is 0 Å². The van der Waals surface area contributed by atoms with Crippen LogP contribution >= 0.6 is 0 Å². The van der Waals surface area contributed by atoms with Crippen molar-refractivity contribution in [2.75, 3.05) is 0 Å². The molecule has 1 amide bonds. The number of aromatic nitrogens is 3. The van der Waals surface area contributed by atoms with Gasteiger partial charge in [0.2, 0.25) is 5.92 Å². The van der Waals surface area contributed by atoms with Gasteiger partial charge in [0.1, 0.15) is 5.82 Å². The molecule has 0 atom stereocenters. The maximum absolute atomic E-state index is 14.1. The average Bonchev–Trinajstić information content (AvgIpc) is 3.71. The Labute approximate surface area is 258 Å². The van der Waals surface area contributed by atoms with Gasteiger partial charge >= 0.3 is 5.97 Å². The molecule has 2 fully saturated rings. The van der Waals surface area contributed by atoms with Gasteiger partial charge in [-0.05, 0) is 85.6 Å². The van der Waals surface area contributed by atoms with Crippen LogP contribution in [0.3, 0.4) is 0 Å². The van der Waals surface area contributed by atoms with Gasteiger partial charge in [-0.3, -0.25) is 4.79 Å². The second-order valence-corrected chi connectivity index (χ2v) is 12.5. The molecule has 10 heteroatoms. The number of amides is 1. The number of nitrogens with one attached hydrogen (secondary N) is 1. The lowest BCUT2D eigenvalue weighted by molar-refractivity contribution is -0.131. The van der Waals surface area contributed by atoms with Crippen LogP contribution in [0.1, 0.15) is 78.2 Å². The number of carboxylic acid groups (broad SMARTS) is 1. The summed E-state index contributed by atoms with van der Waals surface area (Å²) < 4.78 is 37.6. The lowest BCUT2D eigenvalue weighted by atomic mass is 9.75. The van der Waals surface area contributed by atoms with Crippen molar-refractivity contribution in [3.05, 3.63) is 83.6 Å². The number of halogens is 2. The average molecular weight is 613 g/mol. The van der Waals surface area contributed by atoms with Crippen molar-refractivity contribution in [3.8, 4) is 11.3 Å². The van der Waals surface area contributed by atoms with E-state index in [9.17, 15) is 18.4 Å². The van der Waals surface area contributed by atoms with Gasteiger partial charge in [-0.15, -0.1) is 0 Å². The molecule has 5 aromatic rings. The number of hydrogen-bond donors (Lipinski definition) is 2. The van der Waals surface area contributed by atoms with E-state index in [0.29, 0.717) is 18.4 Å². The number of fused-ring (bicyclic) bond motifs is 2. The van der Waals surface area contributed by atoms with Gasteiger partial charge < -0.3 is 24.0 Å². The molecule has 45 heavy (non-hydrogen) atoms. The smallest absolute Gasteiger partial charge is 0.328 e. The summed E-state index contributed by atoms with van der Waals surface area (Å²) in [6, 6.07) is 13.1. The summed E-state index contributed by atoms with van der Waals surface area (Å²) in [6.45, 7) is 0. The quantitative estimate of drug-likeness (QED) is 0.185. The normalized spacial score (nSPS) is 18.0. The van der Waals surface area contributed by atoms with Crippen LogP contribution in [0, 0.1) is 0 Å². The van der Waals surface area contributed by atoms with Crippen molar-refractivity contribution in [2.45, 2.75) is 62.3 Å². The zero-order valence-electron chi connectivity index (χ0n) is 25.1. The van der Waals surface area contributed by atoms with Gasteiger partial charge in [-0.25, -0.2) is 18.6 Å². The molecule has 0 aliphatic heterocycles. The SMILES string of the molecule is Cn1c(C2(NC(=O)c3ccc4c(C5CCC(F)(F)CC5)c(-c5ccoc5)n(C)c4c3)CCC2)nc2ccc(/C=C/C(=O)O)cc21. The molecule has 2 aliphatic rings. The number of benzene rings is 2. The van der Waals surface area contributed by atoms with E-state index in [-0.39, 0.29) is 24.7 Å². The first kappa shape index (κ1) is 29.0. The molecule has 2 N–H and O–H groups in total. The van der Waals surface area contributed by atoms with Crippen molar-refractivity contribution in [1.82, 2.24) is 19.4 Å². The number of carboxylic acids is 1. The van der Waals surface area contributed by atoms with E-state index in [2.05, 4.69) is 5.32 Å². The molecule has 232 valence electrons. The van der Waals surface area contributed by atoms with Crippen LogP contribution in [0.4, 0.5) is 8.78 Å². The van der Waals surface area contributed by atoms with Crippen LogP contribution in [0.5, 0.6) is 0 Å². The maximum atomic E-state index is 14.1. The lowest BCUT2D eigenvalue weighted by Crippen LogP contribution is -2.52. The second kappa shape index (κ2) is 10.7. The predicted molar refractivity (Wildman–Crippen MR) is 167 cm³/mol. The standard InChI is InChI=1S/C35H34F2N4O4/c1-40-27-19-23(6-7-25(27)30(31(40)24-12-17-45-20-24)22-10-15-35(36,37)16-11-22)32(44)39-34(13-3-14-34)33-38-26-8-4-21(5-9-29(42)43)18-28(26)41(33)2/h4-9,12,17-20,22H,3,10-11,13-16H2,1-2H3,(H,39,44)(H,42,43)/b9-5+. The van der Waals surface area contributed by atoms with E-state index in [4.69, 9.17) is 14.5 Å². The van der Waals surface area contributed by atoms with Crippen LogP contribution in [0.2, 0.25) is 0 Å². The molecule has 0 unspecified atom stereocenters. The molecule has 2 aliphatic carbocycles. The predicted octanol–water partition coefficient (Wildman–Crippen LogP) is 7.52. The summed E-state index contributed by atoms with van der Waals surface area (Å²) in [6.07, 6.45) is 8.90. The van der Waals surface area contributed by atoms with Crippen LogP contribution < -0.4 is 5.32 Å².